The number of aromatic nitrogens is 5. The molecule has 95 heavy (non-hydrogen) atoms. The summed E-state index contributed by atoms with van der Waals surface area (Å²) in [5, 5.41) is 2.41. The third kappa shape index (κ3) is 7.95. The van der Waals surface area contributed by atoms with E-state index in [1.165, 1.54) is 64.7 Å². The normalized spacial score (nSPS) is 13.6. The van der Waals surface area contributed by atoms with Crippen LogP contribution in [0.25, 0.3) is 121 Å². The van der Waals surface area contributed by atoms with Crippen molar-refractivity contribution in [3.63, 3.8) is 0 Å². The fourth-order valence-electron chi connectivity index (χ4n) is 15.8. The molecular formula is C87H51N5O2S. The summed E-state index contributed by atoms with van der Waals surface area (Å²) in [7, 11) is 0. The Morgan fingerprint density at radius 3 is 1.17 bits per heavy atom. The second kappa shape index (κ2) is 20.6. The Kier molecular flexibility index (Phi) is 11.6. The van der Waals surface area contributed by atoms with Gasteiger partial charge in [-0.2, -0.15) is 0 Å². The van der Waals surface area contributed by atoms with E-state index in [2.05, 4.69) is 249 Å². The minimum absolute atomic E-state index is 0.608. The monoisotopic (exact) mass is 1230 g/mol. The number of thiophene rings is 1. The number of hydrogen-bond donors (Lipinski definition) is 0. The molecule has 0 amide bonds. The van der Waals surface area contributed by atoms with Gasteiger partial charge in [0.25, 0.3) is 0 Å². The number of nitrogens with zero attached hydrogens (tertiary/aromatic N) is 5. The summed E-state index contributed by atoms with van der Waals surface area (Å²) in [6, 6.07) is 108. The van der Waals surface area contributed by atoms with E-state index in [9.17, 15) is 0 Å². The van der Waals surface area contributed by atoms with Gasteiger partial charge < -0.3 is 9.47 Å². The third-order valence-corrected chi connectivity index (χ3v) is 21.0. The summed E-state index contributed by atoms with van der Waals surface area (Å²) < 4.78 is 16.4. The van der Waals surface area contributed by atoms with Gasteiger partial charge in [0.1, 0.15) is 23.0 Å². The summed E-state index contributed by atoms with van der Waals surface area (Å²) in [4.78, 5) is 25.8. The van der Waals surface area contributed by atoms with E-state index < -0.39 is 10.8 Å². The first kappa shape index (κ1) is 53.4. The Bertz CT molecular complexity index is 5740. The van der Waals surface area contributed by atoms with E-state index in [0.29, 0.717) is 11.6 Å². The highest BCUT2D eigenvalue weighted by molar-refractivity contribution is 7.25. The molecule has 2 aliphatic heterocycles. The number of pyridine rings is 1. The van der Waals surface area contributed by atoms with E-state index in [-0.39, 0.29) is 0 Å². The predicted octanol–water partition coefficient (Wildman–Crippen LogP) is 21.6. The SMILES string of the molecule is c1ccc(-c2nc(-c3ccc4c(c3)C3(c5ccccc5O4)c4ccccc4-c4ccccc43)cc(-c3ccc4c(c3)sc3cc(-c5ccc6c(c5)Oc5ccc(-c7cc(-c8ccccn8)nc(-c8ccccc8)n7)cc5C65c6ccccc6-c6ccccc65)ccc34)n2)cc1. The van der Waals surface area contributed by atoms with Crippen LogP contribution in [0.15, 0.2) is 310 Å². The predicted molar refractivity (Wildman–Crippen MR) is 381 cm³/mol. The zero-order chi connectivity index (χ0) is 62.3. The first-order chi connectivity index (χ1) is 47.0. The second-order valence-corrected chi connectivity index (χ2v) is 26.0. The Hall–Kier alpha value is -12.2. The molecular weight excluding hydrogens is 1180 g/mol. The van der Waals surface area contributed by atoms with Crippen LogP contribution < -0.4 is 9.47 Å². The van der Waals surface area contributed by atoms with Gasteiger partial charge in [0.15, 0.2) is 11.6 Å². The van der Waals surface area contributed by atoms with Crippen LogP contribution >= 0.6 is 11.3 Å². The molecule has 2 aliphatic carbocycles. The number of para-hydroxylation sites is 1. The number of hydrogen-bond acceptors (Lipinski definition) is 8. The molecule has 0 unspecified atom stereocenters. The van der Waals surface area contributed by atoms with E-state index >= 15 is 0 Å². The maximum Gasteiger partial charge on any atom is 0.160 e. The van der Waals surface area contributed by atoms with E-state index in [0.717, 1.165) is 113 Å². The van der Waals surface area contributed by atoms with Crippen LogP contribution in [0.3, 0.4) is 0 Å². The second-order valence-electron chi connectivity index (χ2n) is 24.9. The zero-order valence-corrected chi connectivity index (χ0v) is 51.7. The largest absolute Gasteiger partial charge is 0.457 e. The lowest BCUT2D eigenvalue weighted by Crippen LogP contribution is -2.32. The molecule has 0 saturated heterocycles. The average Bonchev–Trinajstić information content (AvgIpc) is 1.60. The average molecular weight is 1230 g/mol. The van der Waals surface area contributed by atoms with Crippen LogP contribution in [0.4, 0.5) is 0 Å². The molecule has 8 heteroatoms. The van der Waals surface area contributed by atoms with Crippen LogP contribution in [0.2, 0.25) is 0 Å². The molecule has 442 valence electrons. The fraction of sp³-hybridized carbons (Fsp3) is 0.0230. The quantitative estimate of drug-likeness (QED) is 0.157. The number of benzene rings is 12. The summed E-state index contributed by atoms with van der Waals surface area (Å²) in [5.41, 5.74) is 23.9. The molecule has 7 nitrogen and oxygen atoms in total. The minimum Gasteiger partial charge on any atom is -0.457 e. The molecule has 0 bridgehead atoms. The van der Waals surface area contributed by atoms with Crippen molar-refractivity contribution in [3.05, 3.63) is 354 Å². The van der Waals surface area contributed by atoms with Gasteiger partial charge in [0, 0.05) is 76.4 Å². The molecule has 0 N–H and O–H groups in total. The Labute approximate surface area is 551 Å². The van der Waals surface area contributed by atoms with Crippen LogP contribution in [0, 0.1) is 0 Å². The van der Waals surface area contributed by atoms with Crippen LogP contribution in [0.5, 0.6) is 23.0 Å². The first-order valence-corrected chi connectivity index (χ1v) is 32.9. The third-order valence-electron chi connectivity index (χ3n) is 19.9. The van der Waals surface area contributed by atoms with Gasteiger partial charge >= 0.3 is 0 Å². The highest BCUT2D eigenvalue weighted by Crippen LogP contribution is 2.65. The van der Waals surface area contributed by atoms with Crippen LogP contribution in [0.1, 0.15) is 44.5 Å². The van der Waals surface area contributed by atoms with Gasteiger partial charge in [0.05, 0.1) is 39.3 Å². The molecule has 20 rings (SSSR count). The van der Waals surface area contributed by atoms with Crippen molar-refractivity contribution < 1.29 is 9.47 Å². The summed E-state index contributed by atoms with van der Waals surface area (Å²) in [5.74, 6) is 4.62. The van der Waals surface area contributed by atoms with Gasteiger partial charge in [-0.05, 0) is 141 Å². The lowest BCUT2D eigenvalue weighted by molar-refractivity contribution is 0.436. The standard InChI is InChI=1S/C87H51N5O2S/c1-3-19-52(20-4-1)84-89-74(56-37-42-79-71(45-56)86(69-31-15-16-33-78(69)93-79)65-27-11-7-23-59(65)60-24-8-12-28-66(60)86)50-75(90-84)58-35-40-64-63-39-34-55(48-82(63)95-83(64)49-58)54-36-41-70-81(47-54)94-80-43-38-57(46-72(80)87(70)67-29-13-9-25-61(67)62-26-10-14-30-68(62)87)76-51-77(73-32-17-18-44-88-73)92-85(91-76)53-21-5-2-6-22-53/h1-51H. The molecule has 16 aromatic rings. The van der Waals surface area contributed by atoms with E-state index in [1.807, 2.05) is 60.8 Å². The minimum atomic E-state index is -0.705. The van der Waals surface area contributed by atoms with Crippen LogP contribution in [-0.2, 0) is 10.8 Å². The van der Waals surface area contributed by atoms with Crippen LogP contribution in [-0.4, -0.2) is 24.9 Å². The van der Waals surface area contributed by atoms with E-state index in [1.54, 1.807) is 11.3 Å². The Morgan fingerprint density at radius 1 is 0.242 bits per heavy atom. The Balaban J connectivity index is 0.688. The maximum atomic E-state index is 7.23. The van der Waals surface area contributed by atoms with Crippen molar-refractivity contribution in [2.45, 2.75) is 10.8 Å². The number of rotatable bonds is 7. The molecule has 0 saturated carbocycles. The summed E-state index contributed by atoms with van der Waals surface area (Å²) in [6.07, 6.45) is 1.81. The topological polar surface area (TPSA) is 82.9 Å². The van der Waals surface area contributed by atoms with Crippen molar-refractivity contribution in [1.82, 2.24) is 24.9 Å². The molecule has 4 aromatic heterocycles. The van der Waals surface area contributed by atoms with Crippen molar-refractivity contribution in [2.75, 3.05) is 0 Å². The molecule has 4 aliphatic rings. The first-order valence-electron chi connectivity index (χ1n) is 32.1. The molecule has 0 atom stereocenters. The van der Waals surface area contributed by atoms with Gasteiger partial charge in [-0.15, -0.1) is 11.3 Å². The highest BCUT2D eigenvalue weighted by atomic mass is 32.1. The lowest BCUT2D eigenvalue weighted by atomic mass is 9.65. The molecule has 0 fully saturated rings. The maximum absolute atomic E-state index is 7.23. The summed E-state index contributed by atoms with van der Waals surface area (Å²) in [6.45, 7) is 0. The van der Waals surface area contributed by atoms with E-state index in [4.69, 9.17) is 34.4 Å². The van der Waals surface area contributed by atoms with Gasteiger partial charge in [0.2, 0.25) is 0 Å². The van der Waals surface area contributed by atoms with Crippen molar-refractivity contribution in [1.29, 1.82) is 0 Å². The number of ether oxygens (including phenoxy) is 2. The highest BCUT2D eigenvalue weighted by Gasteiger charge is 2.53. The lowest BCUT2D eigenvalue weighted by Gasteiger charge is -2.39. The molecule has 2 spiro atoms. The van der Waals surface area contributed by atoms with Crippen molar-refractivity contribution in [2.24, 2.45) is 0 Å². The molecule has 0 radical (unpaired) electrons. The molecule has 6 heterocycles. The smallest absolute Gasteiger partial charge is 0.160 e. The fourth-order valence-corrected chi connectivity index (χ4v) is 17.0. The van der Waals surface area contributed by atoms with Crippen molar-refractivity contribution >= 4 is 31.5 Å². The van der Waals surface area contributed by atoms with Gasteiger partial charge in [-0.25, -0.2) is 19.9 Å². The summed E-state index contributed by atoms with van der Waals surface area (Å²) >= 11 is 1.81. The van der Waals surface area contributed by atoms with Gasteiger partial charge in [-0.1, -0.05) is 218 Å². The Morgan fingerprint density at radius 2 is 0.632 bits per heavy atom. The number of fused-ring (bicyclic) bond motifs is 21. The van der Waals surface area contributed by atoms with Crippen molar-refractivity contribution in [3.8, 4) is 124 Å². The van der Waals surface area contributed by atoms with Gasteiger partial charge in [-0.3, -0.25) is 4.98 Å². The molecule has 12 aromatic carbocycles. The zero-order valence-electron chi connectivity index (χ0n) is 50.9.